The number of aryl methyl sites for hydroxylation is 2. The maximum Gasteiger partial charge on any atom is 0.273 e. The second kappa shape index (κ2) is 8.93. The van der Waals surface area contributed by atoms with Gasteiger partial charge in [0.15, 0.2) is 0 Å². The zero-order valence-corrected chi connectivity index (χ0v) is 17.8. The van der Waals surface area contributed by atoms with E-state index in [4.69, 9.17) is 0 Å². The molecule has 8 nitrogen and oxygen atoms in total. The van der Waals surface area contributed by atoms with E-state index >= 15 is 0 Å². The summed E-state index contributed by atoms with van der Waals surface area (Å²) in [5.41, 5.74) is 0.494. The van der Waals surface area contributed by atoms with Gasteiger partial charge in [-0.1, -0.05) is 19.1 Å². The molecule has 1 saturated heterocycles. The molecule has 3 heterocycles. The number of amides is 1. The van der Waals surface area contributed by atoms with E-state index < -0.39 is 0 Å². The van der Waals surface area contributed by atoms with Crippen LogP contribution >= 0.6 is 11.3 Å². The van der Waals surface area contributed by atoms with Gasteiger partial charge in [0.1, 0.15) is 0 Å². The van der Waals surface area contributed by atoms with Crippen molar-refractivity contribution >= 4 is 28.0 Å². The lowest BCUT2D eigenvalue weighted by molar-refractivity contribution is -0.133. The van der Waals surface area contributed by atoms with Gasteiger partial charge in [0.25, 0.3) is 11.1 Å². The molecular weight excluding hydrogens is 402 g/mol. The van der Waals surface area contributed by atoms with E-state index in [2.05, 4.69) is 27.3 Å². The van der Waals surface area contributed by atoms with E-state index in [-0.39, 0.29) is 30.0 Å². The summed E-state index contributed by atoms with van der Waals surface area (Å²) in [5, 5.41) is 6.58. The third-order valence-electron chi connectivity index (χ3n) is 5.45. The van der Waals surface area contributed by atoms with Gasteiger partial charge in [0.05, 0.1) is 28.0 Å². The number of hydrogen-bond donors (Lipinski definition) is 1. The molecule has 0 bridgehead atoms. The largest absolute Gasteiger partial charge is 0.340 e. The Morgan fingerprint density at radius 1 is 1.13 bits per heavy atom. The molecule has 9 heteroatoms. The SMILES string of the molecule is CCc1nc(CN2CCN(C(=O)CCn3[nH]c(=O)c4ccccc4c3=O)CC2)cs1. The van der Waals surface area contributed by atoms with Crippen LogP contribution in [0.3, 0.4) is 0 Å². The van der Waals surface area contributed by atoms with Crippen molar-refractivity contribution < 1.29 is 4.79 Å². The normalized spacial score (nSPS) is 15.0. The van der Waals surface area contributed by atoms with Crippen LogP contribution in [0.25, 0.3) is 10.8 Å². The summed E-state index contributed by atoms with van der Waals surface area (Å²) >= 11 is 1.70. The fraction of sp³-hybridized carbons (Fsp3) is 0.429. The van der Waals surface area contributed by atoms with Gasteiger partial charge in [-0.25, -0.2) is 9.67 Å². The highest BCUT2D eigenvalue weighted by Crippen LogP contribution is 2.14. The highest BCUT2D eigenvalue weighted by Gasteiger charge is 2.21. The molecule has 0 radical (unpaired) electrons. The van der Waals surface area contributed by atoms with Gasteiger partial charge in [-0.15, -0.1) is 11.3 Å². The van der Waals surface area contributed by atoms with Crippen molar-refractivity contribution in [1.82, 2.24) is 24.6 Å². The number of rotatable bonds is 6. The number of H-pyrrole nitrogens is 1. The van der Waals surface area contributed by atoms with Crippen LogP contribution in [0.15, 0.2) is 39.2 Å². The van der Waals surface area contributed by atoms with E-state index in [1.807, 2.05) is 4.90 Å². The fourth-order valence-electron chi connectivity index (χ4n) is 3.74. The smallest absolute Gasteiger partial charge is 0.273 e. The molecule has 158 valence electrons. The Morgan fingerprint density at radius 3 is 2.57 bits per heavy atom. The quantitative estimate of drug-likeness (QED) is 0.643. The topological polar surface area (TPSA) is 91.3 Å². The maximum atomic E-state index is 12.6. The Bertz CT molecular complexity index is 1160. The van der Waals surface area contributed by atoms with E-state index in [9.17, 15) is 14.4 Å². The van der Waals surface area contributed by atoms with E-state index in [0.29, 0.717) is 23.9 Å². The van der Waals surface area contributed by atoms with Crippen molar-refractivity contribution in [2.24, 2.45) is 0 Å². The number of carbonyl (C=O) groups is 1. The number of hydrogen-bond acceptors (Lipinski definition) is 6. The van der Waals surface area contributed by atoms with E-state index in [0.717, 1.165) is 36.8 Å². The Balaban J connectivity index is 1.32. The summed E-state index contributed by atoms with van der Waals surface area (Å²) in [7, 11) is 0. The lowest BCUT2D eigenvalue weighted by Crippen LogP contribution is -2.48. The molecule has 0 saturated carbocycles. The number of thiazole rings is 1. The minimum atomic E-state index is -0.320. The Kier molecular flexibility index (Phi) is 6.10. The minimum absolute atomic E-state index is 0.00233. The first-order chi connectivity index (χ1) is 14.5. The third kappa shape index (κ3) is 4.36. The van der Waals surface area contributed by atoms with Crippen LogP contribution < -0.4 is 11.1 Å². The molecule has 1 aromatic carbocycles. The molecule has 1 aliphatic rings. The first-order valence-corrected chi connectivity index (χ1v) is 11.1. The number of carbonyl (C=O) groups excluding carboxylic acids is 1. The van der Waals surface area contributed by atoms with Crippen LogP contribution in [0.1, 0.15) is 24.0 Å². The second-order valence-corrected chi connectivity index (χ2v) is 8.38. The Labute approximate surface area is 177 Å². The van der Waals surface area contributed by atoms with Crippen LogP contribution in [0.4, 0.5) is 0 Å². The van der Waals surface area contributed by atoms with Gasteiger partial charge in [0.2, 0.25) is 5.91 Å². The molecule has 4 rings (SSSR count). The molecule has 1 N–H and O–H groups in total. The molecule has 0 aliphatic carbocycles. The number of benzene rings is 1. The highest BCUT2D eigenvalue weighted by molar-refractivity contribution is 7.09. The van der Waals surface area contributed by atoms with E-state index in [1.54, 1.807) is 35.6 Å². The van der Waals surface area contributed by atoms with Gasteiger partial charge in [-0.2, -0.15) is 0 Å². The lowest BCUT2D eigenvalue weighted by atomic mass is 10.2. The van der Waals surface area contributed by atoms with Crippen LogP contribution in [0.2, 0.25) is 0 Å². The molecule has 30 heavy (non-hydrogen) atoms. The zero-order chi connectivity index (χ0) is 21.1. The fourth-order valence-corrected chi connectivity index (χ4v) is 4.47. The first-order valence-electron chi connectivity index (χ1n) is 10.2. The molecule has 2 aromatic heterocycles. The predicted octanol–water partition coefficient (Wildman–Crippen LogP) is 1.44. The monoisotopic (exact) mass is 427 g/mol. The minimum Gasteiger partial charge on any atom is -0.340 e. The zero-order valence-electron chi connectivity index (χ0n) is 17.0. The molecule has 1 fully saturated rings. The summed E-state index contributed by atoms with van der Waals surface area (Å²) in [6, 6.07) is 6.71. The van der Waals surface area contributed by atoms with Crippen molar-refractivity contribution in [2.75, 3.05) is 26.2 Å². The van der Waals surface area contributed by atoms with Crippen LogP contribution in [0, 0.1) is 0 Å². The predicted molar refractivity (Wildman–Crippen MR) is 117 cm³/mol. The highest BCUT2D eigenvalue weighted by atomic mass is 32.1. The average Bonchev–Trinajstić information content (AvgIpc) is 3.23. The number of piperazine rings is 1. The summed E-state index contributed by atoms with van der Waals surface area (Å²) < 4.78 is 1.24. The lowest BCUT2D eigenvalue weighted by Gasteiger charge is -2.34. The summed E-state index contributed by atoms with van der Waals surface area (Å²) in [5.74, 6) is -0.00233. The summed E-state index contributed by atoms with van der Waals surface area (Å²) in [6.07, 6.45) is 1.14. The third-order valence-corrected chi connectivity index (χ3v) is 6.49. The summed E-state index contributed by atoms with van der Waals surface area (Å²) in [4.78, 5) is 46.1. The van der Waals surface area contributed by atoms with Crippen LogP contribution in [0.5, 0.6) is 0 Å². The van der Waals surface area contributed by atoms with Crippen LogP contribution in [-0.2, 0) is 24.3 Å². The molecule has 0 unspecified atom stereocenters. The Morgan fingerprint density at radius 2 is 1.87 bits per heavy atom. The van der Waals surface area contributed by atoms with Crippen LogP contribution in [-0.4, -0.2) is 56.7 Å². The van der Waals surface area contributed by atoms with Crippen molar-refractivity contribution in [2.45, 2.75) is 32.9 Å². The number of aromatic amines is 1. The molecule has 1 aliphatic heterocycles. The van der Waals surface area contributed by atoms with Gasteiger partial charge in [-0.05, 0) is 18.6 Å². The molecular formula is C21H25N5O3S. The van der Waals surface area contributed by atoms with E-state index in [1.165, 1.54) is 4.68 Å². The van der Waals surface area contributed by atoms with Crippen molar-refractivity contribution in [3.05, 3.63) is 61.1 Å². The second-order valence-electron chi connectivity index (χ2n) is 7.44. The van der Waals surface area contributed by atoms with Crippen molar-refractivity contribution in [3.8, 4) is 0 Å². The first kappa shape index (κ1) is 20.5. The van der Waals surface area contributed by atoms with Gasteiger partial charge < -0.3 is 4.90 Å². The van der Waals surface area contributed by atoms with Crippen molar-refractivity contribution in [1.29, 1.82) is 0 Å². The summed E-state index contributed by atoms with van der Waals surface area (Å²) in [6.45, 7) is 6.01. The Hall–Kier alpha value is -2.78. The molecule has 3 aromatic rings. The standard InChI is InChI=1S/C21H25N5O3S/c1-2-18-22-15(14-30-18)13-24-9-11-25(12-10-24)19(27)7-8-26-21(29)17-6-4-3-5-16(17)20(28)23-26/h3-6,14H,2,7-13H2,1H3,(H,23,28). The molecule has 1 amide bonds. The maximum absolute atomic E-state index is 12.6. The number of nitrogens with one attached hydrogen (secondary N) is 1. The molecule has 0 atom stereocenters. The number of aromatic nitrogens is 3. The van der Waals surface area contributed by atoms with Crippen molar-refractivity contribution in [3.63, 3.8) is 0 Å². The number of nitrogens with zero attached hydrogens (tertiary/aromatic N) is 4. The van der Waals surface area contributed by atoms with Gasteiger partial charge >= 0.3 is 0 Å². The number of fused-ring (bicyclic) bond motifs is 1. The molecule has 0 spiro atoms. The average molecular weight is 428 g/mol. The van der Waals surface area contributed by atoms with Gasteiger partial charge in [0, 0.05) is 44.5 Å². The van der Waals surface area contributed by atoms with Gasteiger partial charge in [-0.3, -0.25) is 24.4 Å².